The van der Waals surface area contributed by atoms with Crippen LogP contribution in [0.5, 0.6) is 17.2 Å². The maximum absolute atomic E-state index is 12.5. The molecule has 1 N–H and O–H groups in total. The first-order chi connectivity index (χ1) is 13.5. The van der Waals surface area contributed by atoms with E-state index in [-0.39, 0.29) is 5.91 Å². The number of benzene rings is 2. The SMILES string of the molecule is COc1cccc(-c2cc(C(=O)NCc3ccc(OC)c(OC)c3)nn2C)c1. The van der Waals surface area contributed by atoms with E-state index >= 15 is 0 Å². The molecule has 0 fully saturated rings. The number of hydrogen-bond acceptors (Lipinski definition) is 5. The summed E-state index contributed by atoms with van der Waals surface area (Å²) in [6.45, 7) is 0.351. The van der Waals surface area contributed by atoms with Gasteiger partial charge in [0.2, 0.25) is 0 Å². The van der Waals surface area contributed by atoms with Crippen molar-refractivity contribution < 1.29 is 19.0 Å². The molecule has 0 aliphatic carbocycles. The normalized spacial score (nSPS) is 10.4. The van der Waals surface area contributed by atoms with E-state index in [2.05, 4.69) is 10.4 Å². The zero-order valence-corrected chi connectivity index (χ0v) is 16.4. The van der Waals surface area contributed by atoms with Crippen molar-refractivity contribution in [1.29, 1.82) is 0 Å². The molecule has 0 radical (unpaired) electrons. The Bertz CT molecular complexity index is 982. The first-order valence-electron chi connectivity index (χ1n) is 8.73. The Morgan fingerprint density at radius 2 is 1.79 bits per heavy atom. The summed E-state index contributed by atoms with van der Waals surface area (Å²) < 4.78 is 17.5. The average Bonchev–Trinajstić information content (AvgIpc) is 3.13. The van der Waals surface area contributed by atoms with Gasteiger partial charge in [0.1, 0.15) is 5.75 Å². The van der Waals surface area contributed by atoms with Crippen molar-refractivity contribution in [2.45, 2.75) is 6.54 Å². The molecule has 0 spiro atoms. The largest absolute Gasteiger partial charge is 0.497 e. The number of carbonyl (C=O) groups is 1. The summed E-state index contributed by atoms with van der Waals surface area (Å²) in [5, 5.41) is 7.22. The highest BCUT2D eigenvalue weighted by atomic mass is 16.5. The summed E-state index contributed by atoms with van der Waals surface area (Å²) in [5.74, 6) is 1.76. The van der Waals surface area contributed by atoms with Crippen LogP contribution >= 0.6 is 0 Å². The second-order valence-electron chi connectivity index (χ2n) is 6.14. The third-order valence-corrected chi connectivity index (χ3v) is 4.38. The van der Waals surface area contributed by atoms with E-state index in [9.17, 15) is 4.79 Å². The minimum Gasteiger partial charge on any atom is -0.497 e. The minimum absolute atomic E-state index is 0.250. The lowest BCUT2D eigenvalue weighted by Crippen LogP contribution is -2.23. The standard InChI is InChI=1S/C21H23N3O4/c1-24-18(15-6-5-7-16(11-15)26-2)12-17(23-24)21(25)22-13-14-8-9-19(27-3)20(10-14)28-4/h5-12H,13H2,1-4H3,(H,22,25). The Balaban J connectivity index is 1.73. The van der Waals surface area contributed by atoms with E-state index < -0.39 is 0 Å². The summed E-state index contributed by atoms with van der Waals surface area (Å²) in [4.78, 5) is 12.5. The van der Waals surface area contributed by atoms with Gasteiger partial charge in [0.05, 0.1) is 27.0 Å². The molecular weight excluding hydrogens is 358 g/mol. The first kappa shape index (κ1) is 19.3. The van der Waals surface area contributed by atoms with Crippen LogP contribution in [0.2, 0.25) is 0 Å². The quantitative estimate of drug-likeness (QED) is 0.681. The molecule has 7 nitrogen and oxygen atoms in total. The van der Waals surface area contributed by atoms with Gasteiger partial charge >= 0.3 is 0 Å². The van der Waals surface area contributed by atoms with Crippen LogP contribution in [-0.2, 0) is 13.6 Å². The molecule has 0 unspecified atom stereocenters. The van der Waals surface area contributed by atoms with Gasteiger partial charge in [-0.15, -0.1) is 0 Å². The molecule has 28 heavy (non-hydrogen) atoms. The third-order valence-electron chi connectivity index (χ3n) is 4.38. The molecule has 0 atom stereocenters. The predicted octanol–water partition coefficient (Wildman–Crippen LogP) is 3.04. The van der Waals surface area contributed by atoms with Crippen molar-refractivity contribution in [3.8, 4) is 28.5 Å². The predicted molar refractivity (Wildman–Crippen MR) is 106 cm³/mol. The summed E-state index contributed by atoms with van der Waals surface area (Å²) in [6.07, 6.45) is 0. The lowest BCUT2D eigenvalue weighted by atomic mass is 10.1. The summed E-state index contributed by atoms with van der Waals surface area (Å²) in [6, 6.07) is 14.9. The zero-order valence-electron chi connectivity index (χ0n) is 16.4. The maximum Gasteiger partial charge on any atom is 0.272 e. The molecule has 0 saturated carbocycles. The molecule has 1 aromatic heterocycles. The fourth-order valence-corrected chi connectivity index (χ4v) is 2.89. The van der Waals surface area contributed by atoms with Gasteiger partial charge in [0.15, 0.2) is 17.2 Å². The van der Waals surface area contributed by atoms with Crippen LogP contribution < -0.4 is 19.5 Å². The molecule has 3 aromatic rings. The zero-order chi connectivity index (χ0) is 20.1. The highest BCUT2D eigenvalue weighted by Gasteiger charge is 2.14. The Morgan fingerprint density at radius 1 is 1.00 bits per heavy atom. The Kier molecular flexibility index (Phi) is 5.84. The van der Waals surface area contributed by atoms with Gasteiger partial charge in [-0.3, -0.25) is 9.48 Å². The van der Waals surface area contributed by atoms with Gasteiger partial charge in [0, 0.05) is 19.2 Å². The molecular formula is C21H23N3O4. The number of hydrogen-bond donors (Lipinski definition) is 1. The van der Waals surface area contributed by atoms with Gasteiger partial charge in [0.25, 0.3) is 5.91 Å². The number of aryl methyl sites for hydroxylation is 1. The number of aromatic nitrogens is 2. The number of ether oxygens (including phenoxy) is 3. The number of methoxy groups -OCH3 is 3. The van der Waals surface area contributed by atoms with Crippen molar-refractivity contribution in [3.63, 3.8) is 0 Å². The van der Waals surface area contributed by atoms with Gasteiger partial charge in [-0.05, 0) is 35.9 Å². The average molecular weight is 381 g/mol. The number of amides is 1. The van der Waals surface area contributed by atoms with Crippen molar-refractivity contribution >= 4 is 5.91 Å². The fourth-order valence-electron chi connectivity index (χ4n) is 2.89. The highest BCUT2D eigenvalue weighted by molar-refractivity contribution is 5.93. The van der Waals surface area contributed by atoms with E-state index in [0.29, 0.717) is 23.7 Å². The molecule has 0 aliphatic heterocycles. The van der Waals surface area contributed by atoms with Crippen LogP contribution in [0.3, 0.4) is 0 Å². The Morgan fingerprint density at radius 3 is 2.50 bits per heavy atom. The molecule has 0 saturated heterocycles. The third kappa shape index (κ3) is 4.09. The van der Waals surface area contributed by atoms with Gasteiger partial charge < -0.3 is 19.5 Å². The molecule has 146 valence electrons. The van der Waals surface area contributed by atoms with E-state index in [1.54, 1.807) is 39.1 Å². The molecule has 7 heteroatoms. The number of carbonyl (C=O) groups excluding carboxylic acids is 1. The molecule has 1 heterocycles. The second-order valence-corrected chi connectivity index (χ2v) is 6.14. The summed E-state index contributed by atoms with van der Waals surface area (Å²) in [7, 11) is 6.59. The van der Waals surface area contributed by atoms with E-state index in [1.807, 2.05) is 42.5 Å². The number of rotatable bonds is 7. The lowest BCUT2D eigenvalue weighted by Gasteiger charge is -2.10. The second kappa shape index (κ2) is 8.47. The van der Waals surface area contributed by atoms with Crippen LogP contribution in [0, 0.1) is 0 Å². The minimum atomic E-state index is -0.250. The van der Waals surface area contributed by atoms with Crippen LogP contribution in [0.25, 0.3) is 11.3 Å². The Hall–Kier alpha value is -3.48. The summed E-state index contributed by atoms with van der Waals surface area (Å²) in [5.41, 5.74) is 3.00. The smallest absolute Gasteiger partial charge is 0.272 e. The Labute approximate surface area is 163 Å². The molecule has 1 amide bonds. The van der Waals surface area contributed by atoms with Gasteiger partial charge in [-0.1, -0.05) is 18.2 Å². The fraction of sp³-hybridized carbons (Fsp3) is 0.238. The van der Waals surface area contributed by atoms with Crippen LogP contribution in [0.1, 0.15) is 16.1 Å². The van der Waals surface area contributed by atoms with Crippen LogP contribution in [-0.4, -0.2) is 37.0 Å². The molecule has 0 aliphatic rings. The van der Waals surface area contributed by atoms with Crippen LogP contribution in [0.4, 0.5) is 0 Å². The number of nitrogens with one attached hydrogen (secondary N) is 1. The van der Waals surface area contributed by atoms with E-state index in [0.717, 1.165) is 22.6 Å². The monoisotopic (exact) mass is 381 g/mol. The van der Waals surface area contributed by atoms with Crippen molar-refractivity contribution in [2.24, 2.45) is 7.05 Å². The highest BCUT2D eigenvalue weighted by Crippen LogP contribution is 2.27. The topological polar surface area (TPSA) is 74.6 Å². The van der Waals surface area contributed by atoms with Gasteiger partial charge in [-0.25, -0.2) is 0 Å². The lowest BCUT2D eigenvalue weighted by molar-refractivity contribution is 0.0945. The molecule has 3 rings (SSSR count). The molecule has 2 aromatic carbocycles. The van der Waals surface area contributed by atoms with Crippen molar-refractivity contribution in [2.75, 3.05) is 21.3 Å². The molecule has 0 bridgehead atoms. The summed E-state index contributed by atoms with van der Waals surface area (Å²) >= 11 is 0. The first-order valence-corrected chi connectivity index (χ1v) is 8.73. The van der Waals surface area contributed by atoms with E-state index in [1.165, 1.54) is 0 Å². The van der Waals surface area contributed by atoms with E-state index in [4.69, 9.17) is 14.2 Å². The van der Waals surface area contributed by atoms with Crippen molar-refractivity contribution in [3.05, 3.63) is 59.8 Å². The van der Waals surface area contributed by atoms with Crippen LogP contribution in [0.15, 0.2) is 48.5 Å². The van der Waals surface area contributed by atoms with Gasteiger partial charge in [-0.2, -0.15) is 5.10 Å². The maximum atomic E-state index is 12.5. The van der Waals surface area contributed by atoms with Crippen molar-refractivity contribution in [1.82, 2.24) is 15.1 Å². The number of nitrogens with zero attached hydrogens (tertiary/aromatic N) is 2.